The van der Waals surface area contributed by atoms with Gasteiger partial charge in [-0.1, -0.05) is 12.8 Å². The molecule has 1 saturated carbocycles. The van der Waals surface area contributed by atoms with Gasteiger partial charge in [0.1, 0.15) is 0 Å². The third kappa shape index (κ3) is 3.28. The standard InChI is InChI=1S/C13H20N2OS/c1-2-15(11-5-3-4-6-11)13(16)8-7-12-9-14-10-17-12/h9-11H,2-8H2,1H3. The summed E-state index contributed by atoms with van der Waals surface area (Å²) < 4.78 is 0. The van der Waals surface area contributed by atoms with Gasteiger partial charge in [0.2, 0.25) is 5.91 Å². The number of aryl methyl sites for hydroxylation is 1. The molecule has 94 valence electrons. The normalized spacial score (nSPS) is 16.3. The van der Waals surface area contributed by atoms with Crippen LogP contribution in [-0.4, -0.2) is 28.4 Å². The summed E-state index contributed by atoms with van der Waals surface area (Å²) in [4.78, 5) is 19.5. The van der Waals surface area contributed by atoms with Crippen LogP contribution in [0.15, 0.2) is 11.7 Å². The van der Waals surface area contributed by atoms with Crippen LogP contribution >= 0.6 is 11.3 Å². The van der Waals surface area contributed by atoms with Gasteiger partial charge in [-0.25, -0.2) is 0 Å². The van der Waals surface area contributed by atoms with E-state index >= 15 is 0 Å². The Balaban J connectivity index is 1.84. The zero-order chi connectivity index (χ0) is 12.1. The van der Waals surface area contributed by atoms with E-state index in [0.29, 0.717) is 18.4 Å². The van der Waals surface area contributed by atoms with Gasteiger partial charge in [0, 0.05) is 30.1 Å². The molecule has 1 aliphatic rings. The van der Waals surface area contributed by atoms with Crippen LogP contribution in [0.5, 0.6) is 0 Å². The third-order valence-corrected chi connectivity index (χ3v) is 4.33. The Bertz CT molecular complexity index is 344. The molecule has 1 aliphatic carbocycles. The lowest BCUT2D eigenvalue weighted by Gasteiger charge is -2.27. The van der Waals surface area contributed by atoms with E-state index in [4.69, 9.17) is 0 Å². The van der Waals surface area contributed by atoms with Crippen LogP contribution in [0, 0.1) is 0 Å². The number of carbonyl (C=O) groups excluding carboxylic acids is 1. The molecule has 3 nitrogen and oxygen atoms in total. The maximum atomic E-state index is 12.2. The van der Waals surface area contributed by atoms with E-state index in [1.165, 1.54) is 30.6 Å². The van der Waals surface area contributed by atoms with E-state index in [-0.39, 0.29) is 0 Å². The van der Waals surface area contributed by atoms with Crippen molar-refractivity contribution in [3.63, 3.8) is 0 Å². The summed E-state index contributed by atoms with van der Waals surface area (Å²) in [5.41, 5.74) is 1.83. The summed E-state index contributed by atoms with van der Waals surface area (Å²) in [5, 5.41) is 0. The zero-order valence-corrected chi connectivity index (χ0v) is 11.2. The minimum atomic E-state index is 0.313. The second-order valence-corrected chi connectivity index (χ2v) is 5.56. The minimum absolute atomic E-state index is 0.313. The molecule has 1 amide bonds. The minimum Gasteiger partial charge on any atom is -0.340 e. The molecule has 4 heteroatoms. The Morgan fingerprint density at radius 3 is 2.88 bits per heavy atom. The highest BCUT2D eigenvalue weighted by molar-refractivity contribution is 7.09. The molecule has 0 saturated heterocycles. The van der Waals surface area contributed by atoms with E-state index in [1.807, 2.05) is 11.7 Å². The smallest absolute Gasteiger partial charge is 0.223 e. The summed E-state index contributed by atoms with van der Waals surface area (Å²) in [6.45, 7) is 2.94. The van der Waals surface area contributed by atoms with Crippen molar-refractivity contribution in [3.8, 4) is 0 Å². The molecule has 0 spiro atoms. The molecule has 1 aromatic rings. The fourth-order valence-corrected chi connectivity index (χ4v) is 3.19. The number of hydrogen-bond acceptors (Lipinski definition) is 3. The summed E-state index contributed by atoms with van der Waals surface area (Å²) in [6.07, 6.45) is 8.29. The fraction of sp³-hybridized carbons (Fsp3) is 0.692. The van der Waals surface area contributed by atoms with Crippen LogP contribution in [0.4, 0.5) is 0 Å². The summed E-state index contributed by atoms with van der Waals surface area (Å²) in [7, 11) is 0. The summed E-state index contributed by atoms with van der Waals surface area (Å²) in [5.74, 6) is 0.313. The predicted molar refractivity (Wildman–Crippen MR) is 70.1 cm³/mol. The Morgan fingerprint density at radius 1 is 1.53 bits per heavy atom. The lowest BCUT2D eigenvalue weighted by molar-refractivity contribution is -0.133. The maximum absolute atomic E-state index is 12.2. The number of carbonyl (C=O) groups is 1. The zero-order valence-electron chi connectivity index (χ0n) is 10.4. The van der Waals surface area contributed by atoms with Gasteiger partial charge in [-0.15, -0.1) is 11.3 Å². The van der Waals surface area contributed by atoms with E-state index in [9.17, 15) is 4.79 Å². The molecule has 0 radical (unpaired) electrons. The van der Waals surface area contributed by atoms with Crippen LogP contribution < -0.4 is 0 Å². The number of nitrogens with zero attached hydrogens (tertiary/aromatic N) is 2. The van der Waals surface area contributed by atoms with Crippen molar-refractivity contribution in [1.29, 1.82) is 0 Å². The quantitative estimate of drug-likeness (QED) is 0.807. The Kier molecular flexibility index (Phi) is 4.54. The predicted octanol–water partition coefficient (Wildman–Crippen LogP) is 2.87. The second-order valence-electron chi connectivity index (χ2n) is 4.59. The van der Waals surface area contributed by atoms with E-state index in [0.717, 1.165) is 13.0 Å². The molecule has 0 bridgehead atoms. The number of thiazole rings is 1. The van der Waals surface area contributed by atoms with Crippen LogP contribution in [-0.2, 0) is 11.2 Å². The number of hydrogen-bond donors (Lipinski definition) is 0. The first-order valence-electron chi connectivity index (χ1n) is 6.48. The highest BCUT2D eigenvalue weighted by Gasteiger charge is 2.24. The lowest BCUT2D eigenvalue weighted by atomic mass is 10.1. The van der Waals surface area contributed by atoms with Gasteiger partial charge in [-0.3, -0.25) is 9.78 Å². The first-order valence-corrected chi connectivity index (χ1v) is 7.36. The molecule has 0 unspecified atom stereocenters. The average Bonchev–Trinajstić information content (AvgIpc) is 3.00. The van der Waals surface area contributed by atoms with Gasteiger partial charge in [0.05, 0.1) is 5.51 Å². The lowest BCUT2D eigenvalue weighted by Crippen LogP contribution is -2.38. The summed E-state index contributed by atoms with van der Waals surface area (Å²) >= 11 is 1.63. The van der Waals surface area contributed by atoms with Gasteiger partial charge in [0.15, 0.2) is 0 Å². The van der Waals surface area contributed by atoms with Gasteiger partial charge >= 0.3 is 0 Å². The van der Waals surface area contributed by atoms with Gasteiger partial charge in [-0.05, 0) is 26.2 Å². The van der Waals surface area contributed by atoms with Crippen LogP contribution in [0.25, 0.3) is 0 Å². The molecular formula is C13H20N2OS. The molecule has 0 atom stereocenters. The van der Waals surface area contributed by atoms with Crippen molar-refractivity contribution in [1.82, 2.24) is 9.88 Å². The first kappa shape index (κ1) is 12.6. The maximum Gasteiger partial charge on any atom is 0.223 e. The highest BCUT2D eigenvalue weighted by Crippen LogP contribution is 2.24. The molecule has 1 fully saturated rings. The van der Waals surface area contributed by atoms with Gasteiger partial charge < -0.3 is 4.90 Å². The number of amides is 1. The van der Waals surface area contributed by atoms with Crippen molar-refractivity contribution < 1.29 is 4.79 Å². The fourth-order valence-electron chi connectivity index (χ4n) is 2.59. The molecule has 0 N–H and O–H groups in total. The van der Waals surface area contributed by atoms with Crippen LogP contribution in [0.1, 0.15) is 43.9 Å². The molecule has 0 aliphatic heterocycles. The van der Waals surface area contributed by atoms with Crippen molar-refractivity contribution in [2.24, 2.45) is 0 Å². The Morgan fingerprint density at radius 2 is 2.29 bits per heavy atom. The summed E-state index contributed by atoms with van der Waals surface area (Å²) in [6, 6.07) is 0.508. The largest absolute Gasteiger partial charge is 0.340 e. The van der Waals surface area contributed by atoms with Crippen LogP contribution in [0.2, 0.25) is 0 Å². The van der Waals surface area contributed by atoms with Gasteiger partial charge in [0.25, 0.3) is 0 Å². The number of rotatable bonds is 5. The van der Waals surface area contributed by atoms with E-state index in [2.05, 4.69) is 16.8 Å². The Labute approximate surface area is 107 Å². The molecule has 0 aromatic carbocycles. The molecule has 1 heterocycles. The Hall–Kier alpha value is -0.900. The average molecular weight is 252 g/mol. The highest BCUT2D eigenvalue weighted by atomic mass is 32.1. The number of aromatic nitrogens is 1. The molecular weight excluding hydrogens is 232 g/mol. The van der Waals surface area contributed by atoms with Crippen LogP contribution in [0.3, 0.4) is 0 Å². The van der Waals surface area contributed by atoms with E-state index in [1.54, 1.807) is 11.3 Å². The van der Waals surface area contributed by atoms with Crippen molar-refractivity contribution in [2.45, 2.75) is 51.5 Å². The van der Waals surface area contributed by atoms with Crippen molar-refractivity contribution >= 4 is 17.2 Å². The second kappa shape index (κ2) is 6.15. The molecule has 2 rings (SSSR count). The van der Waals surface area contributed by atoms with Gasteiger partial charge in [-0.2, -0.15) is 0 Å². The van der Waals surface area contributed by atoms with E-state index < -0.39 is 0 Å². The molecule has 17 heavy (non-hydrogen) atoms. The monoisotopic (exact) mass is 252 g/mol. The topological polar surface area (TPSA) is 33.2 Å². The van der Waals surface area contributed by atoms with Crippen molar-refractivity contribution in [3.05, 3.63) is 16.6 Å². The SMILES string of the molecule is CCN(C(=O)CCc1cncs1)C1CCCC1. The molecule has 1 aromatic heterocycles. The third-order valence-electron chi connectivity index (χ3n) is 3.50. The van der Waals surface area contributed by atoms with Crippen molar-refractivity contribution in [2.75, 3.05) is 6.54 Å². The first-order chi connectivity index (χ1) is 8.31.